The Balaban J connectivity index is 0.000000166. The summed E-state index contributed by atoms with van der Waals surface area (Å²) in [4.78, 5) is 37.5. The van der Waals surface area contributed by atoms with E-state index in [-0.39, 0.29) is 22.3 Å². The van der Waals surface area contributed by atoms with Crippen LogP contribution in [-0.2, 0) is 6.42 Å². The van der Waals surface area contributed by atoms with Gasteiger partial charge in [0.2, 0.25) is 0 Å². The van der Waals surface area contributed by atoms with Crippen molar-refractivity contribution in [3.05, 3.63) is 87.3 Å². The standard InChI is InChI=1S/C15H15N3O.C6H5N5O/c1-3-13-16-17-10-9-11(2)14(17)15(19)18(13)12-7-5-4-6-8-12;7-4-3-5(9-1-8-4)10-2-11-6(3)12/h4-10H,3H2,1-2H3;1-2H,(H3,7,8,9,10,11,12). The number of nitrogen functional groups attached to an aromatic ring is 1. The predicted molar refractivity (Wildman–Crippen MR) is 117 cm³/mol. The maximum Gasteiger partial charge on any atom is 0.282 e. The minimum atomic E-state index is -0.321. The molecule has 31 heavy (non-hydrogen) atoms. The average molecular weight is 416 g/mol. The summed E-state index contributed by atoms with van der Waals surface area (Å²) in [6, 6.07) is 11.6. The number of nitrogens with zero attached hydrogens (tertiary/aromatic N) is 6. The molecule has 0 aliphatic rings. The molecule has 0 unspecified atom stereocenters. The summed E-state index contributed by atoms with van der Waals surface area (Å²) in [5.74, 6) is 0.911. The summed E-state index contributed by atoms with van der Waals surface area (Å²) in [6.45, 7) is 3.93. The van der Waals surface area contributed by atoms with Gasteiger partial charge in [-0.2, -0.15) is 5.10 Å². The molecule has 4 aromatic heterocycles. The highest BCUT2D eigenvalue weighted by Crippen LogP contribution is 2.11. The maximum absolute atomic E-state index is 12.7. The predicted octanol–water partition coefficient (Wildman–Crippen LogP) is 1.65. The molecule has 0 fully saturated rings. The first-order chi connectivity index (χ1) is 15.0. The summed E-state index contributed by atoms with van der Waals surface area (Å²) in [6.07, 6.45) is 5.08. The van der Waals surface area contributed by atoms with E-state index in [4.69, 9.17) is 5.73 Å². The van der Waals surface area contributed by atoms with Crippen LogP contribution in [0.5, 0.6) is 0 Å². The molecule has 4 heterocycles. The smallest absolute Gasteiger partial charge is 0.282 e. The van der Waals surface area contributed by atoms with E-state index in [0.29, 0.717) is 17.6 Å². The van der Waals surface area contributed by atoms with Gasteiger partial charge in [-0.05, 0) is 30.7 Å². The van der Waals surface area contributed by atoms with Gasteiger partial charge in [-0.25, -0.2) is 19.5 Å². The van der Waals surface area contributed by atoms with Crippen molar-refractivity contribution in [3.8, 4) is 5.69 Å². The van der Waals surface area contributed by atoms with Crippen molar-refractivity contribution in [1.82, 2.24) is 34.1 Å². The molecular formula is C21H20N8O2. The molecule has 3 N–H and O–H groups in total. The number of nitrogens with two attached hydrogens (primary N) is 1. The number of benzene rings is 1. The number of hydrogen-bond acceptors (Lipinski definition) is 7. The normalized spacial score (nSPS) is 10.8. The Bertz CT molecular complexity index is 1480. The molecule has 0 atom stereocenters. The quantitative estimate of drug-likeness (QED) is 0.446. The van der Waals surface area contributed by atoms with E-state index in [0.717, 1.165) is 17.1 Å². The van der Waals surface area contributed by atoms with Gasteiger partial charge in [0.15, 0.2) is 5.65 Å². The zero-order chi connectivity index (χ0) is 22.0. The first-order valence-electron chi connectivity index (χ1n) is 9.60. The van der Waals surface area contributed by atoms with E-state index < -0.39 is 0 Å². The first-order valence-corrected chi connectivity index (χ1v) is 9.60. The summed E-state index contributed by atoms with van der Waals surface area (Å²) < 4.78 is 3.37. The van der Waals surface area contributed by atoms with Crippen LogP contribution >= 0.6 is 0 Å². The number of H-pyrrole nitrogens is 1. The third kappa shape index (κ3) is 3.66. The molecule has 0 aliphatic carbocycles. The van der Waals surface area contributed by atoms with Gasteiger partial charge < -0.3 is 10.7 Å². The molecule has 5 rings (SSSR count). The molecular weight excluding hydrogens is 396 g/mol. The molecule has 0 bridgehead atoms. The lowest BCUT2D eigenvalue weighted by Crippen LogP contribution is -2.26. The van der Waals surface area contributed by atoms with Crippen molar-refractivity contribution in [2.24, 2.45) is 0 Å². The van der Waals surface area contributed by atoms with Crippen LogP contribution < -0.4 is 16.9 Å². The molecule has 0 saturated heterocycles. The third-order valence-electron chi connectivity index (χ3n) is 4.75. The molecule has 156 valence electrons. The van der Waals surface area contributed by atoms with Gasteiger partial charge in [0.1, 0.15) is 28.9 Å². The van der Waals surface area contributed by atoms with Gasteiger partial charge in [0.05, 0.1) is 12.0 Å². The van der Waals surface area contributed by atoms with Gasteiger partial charge in [-0.15, -0.1) is 0 Å². The number of rotatable bonds is 2. The number of hydrogen-bond donors (Lipinski definition) is 2. The SMILES string of the molecule is CCc1nn2ccc(C)c2c(=O)n1-c1ccccc1.Nc1ncnc2nc[nH]c(=O)c12. The van der Waals surface area contributed by atoms with Crippen molar-refractivity contribution in [1.29, 1.82) is 0 Å². The number of fused-ring (bicyclic) bond motifs is 2. The third-order valence-corrected chi connectivity index (χ3v) is 4.75. The molecule has 0 saturated carbocycles. The van der Waals surface area contributed by atoms with E-state index in [1.807, 2.05) is 56.4 Å². The zero-order valence-corrected chi connectivity index (χ0v) is 17.0. The summed E-state index contributed by atoms with van der Waals surface area (Å²) in [7, 11) is 0. The zero-order valence-electron chi connectivity index (χ0n) is 17.0. The fourth-order valence-corrected chi connectivity index (χ4v) is 3.26. The minimum Gasteiger partial charge on any atom is -0.383 e. The molecule has 0 spiro atoms. The Morgan fingerprint density at radius 3 is 2.55 bits per heavy atom. The Morgan fingerprint density at radius 1 is 1.06 bits per heavy atom. The van der Waals surface area contributed by atoms with Crippen LogP contribution in [0.4, 0.5) is 5.82 Å². The van der Waals surface area contributed by atoms with Crippen LogP contribution in [0.25, 0.3) is 22.2 Å². The molecule has 10 heteroatoms. The number of aryl methyl sites for hydroxylation is 2. The van der Waals surface area contributed by atoms with Gasteiger partial charge in [0.25, 0.3) is 11.1 Å². The molecule has 1 aromatic carbocycles. The second-order valence-corrected chi connectivity index (χ2v) is 6.73. The van der Waals surface area contributed by atoms with Crippen molar-refractivity contribution in [3.63, 3.8) is 0 Å². The summed E-state index contributed by atoms with van der Waals surface area (Å²) in [5, 5.41) is 4.77. The number of para-hydroxylation sites is 1. The van der Waals surface area contributed by atoms with Crippen LogP contribution in [0, 0.1) is 6.92 Å². The maximum atomic E-state index is 12.7. The number of aromatic nitrogens is 7. The Hall–Kier alpha value is -4.34. The lowest BCUT2D eigenvalue weighted by molar-refractivity contribution is 0.738. The largest absolute Gasteiger partial charge is 0.383 e. The van der Waals surface area contributed by atoms with Gasteiger partial charge in [-0.3, -0.25) is 14.2 Å². The highest BCUT2D eigenvalue weighted by molar-refractivity contribution is 5.83. The fourth-order valence-electron chi connectivity index (χ4n) is 3.26. The van der Waals surface area contributed by atoms with Crippen LogP contribution in [0.1, 0.15) is 18.3 Å². The Labute approximate surface area is 176 Å². The van der Waals surface area contributed by atoms with Crippen molar-refractivity contribution >= 4 is 22.4 Å². The van der Waals surface area contributed by atoms with Gasteiger partial charge >= 0.3 is 0 Å². The monoisotopic (exact) mass is 416 g/mol. The van der Waals surface area contributed by atoms with E-state index >= 15 is 0 Å². The van der Waals surface area contributed by atoms with Crippen LogP contribution in [0.15, 0.2) is 64.8 Å². The molecule has 0 amide bonds. The number of nitrogens with one attached hydrogen (secondary N) is 1. The Kier molecular flexibility index (Phi) is 5.27. The highest BCUT2D eigenvalue weighted by atomic mass is 16.1. The second-order valence-electron chi connectivity index (χ2n) is 6.73. The first kappa shape index (κ1) is 20.0. The molecule has 0 aliphatic heterocycles. The van der Waals surface area contributed by atoms with E-state index in [9.17, 15) is 9.59 Å². The highest BCUT2D eigenvalue weighted by Gasteiger charge is 2.13. The lowest BCUT2D eigenvalue weighted by Gasteiger charge is -2.11. The minimum absolute atomic E-state index is 0.0134. The molecule has 5 aromatic rings. The molecule has 10 nitrogen and oxygen atoms in total. The van der Waals surface area contributed by atoms with Crippen molar-refractivity contribution in [2.45, 2.75) is 20.3 Å². The van der Waals surface area contributed by atoms with Crippen molar-refractivity contribution in [2.75, 3.05) is 5.73 Å². The van der Waals surface area contributed by atoms with Crippen LogP contribution in [0.2, 0.25) is 0 Å². The fraction of sp³-hybridized carbons (Fsp3) is 0.143. The van der Waals surface area contributed by atoms with E-state index in [1.54, 1.807) is 9.08 Å². The topological polar surface area (TPSA) is 137 Å². The van der Waals surface area contributed by atoms with Gasteiger partial charge in [-0.1, -0.05) is 25.1 Å². The summed E-state index contributed by atoms with van der Waals surface area (Å²) >= 11 is 0. The van der Waals surface area contributed by atoms with Crippen LogP contribution in [-0.4, -0.2) is 34.1 Å². The summed E-state index contributed by atoms with van der Waals surface area (Å²) in [5.41, 5.74) is 7.87. The van der Waals surface area contributed by atoms with Gasteiger partial charge in [0, 0.05) is 12.6 Å². The number of anilines is 1. The van der Waals surface area contributed by atoms with Crippen LogP contribution in [0.3, 0.4) is 0 Å². The molecule has 0 radical (unpaired) electrons. The lowest BCUT2D eigenvalue weighted by atomic mass is 10.3. The van der Waals surface area contributed by atoms with E-state index in [1.165, 1.54) is 12.7 Å². The number of aromatic amines is 1. The van der Waals surface area contributed by atoms with Crippen molar-refractivity contribution < 1.29 is 0 Å². The Morgan fingerprint density at radius 2 is 1.84 bits per heavy atom. The second kappa shape index (κ2) is 8.19. The average Bonchev–Trinajstić information content (AvgIpc) is 3.15. The van der Waals surface area contributed by atoms with E-state index in [2.05, 4.69) is 25.0 Å².